The molecule has 0 saturated carbocycles. The van der Waals surface area contributed by atoms with Crippen molar-refractivity contribution >= 4 is 11.9 Å². The number of amides is 1. The fourth-order valence-corrected chi connectivity index (χ4v) is 2.54. The molecule has 0 spiro atoms. The lowest BCUT2D eigenvalue weighted by Gasteiger charge is -2.21. The van der Waals surface area contributed by atoms with E-state index >= 15 is 0 Å². The third-order valence-corrected chi connectivity index (χ3v) is 3.54. The van der Waals surface area contributed by atoms with Crippen molar-refractivity contribution in [2.45, 2.75) is 38.6 Å². The monoisotopic (exact) mass is 261 g/mol. The van der Waals surface area contributed by atoms with Gasteiger partial charge in [-0.05, 0) is 37.0 Å². The SMILES string of the molecule is CCCc1ccc(C(=O)N2CCC[C@H]2C(=O)O)cc1. The van der Waals surface area contributed by atoms with Crippen LogP contribution in [0.15, 0.2) is 24.3 Å². The molecule has 1 saturated heterocycles. The first kappa shape index (κ1) is 13.6. The van der Waals surface area contributed by atoms with E-state index in [4.69, 9.17) is 5.11 Å². The molecule has 102 valence electrons. The maximum absolute atomic E-state index is 12.3. The molecule has 1 amide bonds. The van der Waals surface area contributed by atoms with Crippen LogP contribution in [-0.2, 0) is 11.2 Å². The van der Waals surface area contributed by atoms with Gasteiger partial charge in [0.2, 0.25) is 0 Å². The number of carbonyl (C=O) groups excluding carboxylic acids is 1. The molecule has 0 radical (unpaired) electrons. The Bertz CT molecular complexity index is 467. The Hall–Kier alpha value is -1.84. The van der Waals surface area contributed by atoms with Crippen LogP contribution in [0.25, 0.3) is 0 Å². The number of carbonyl (C=O) groups is 2. The maximum Gasteiger partial charge on any atom is 0.326 e. The summed E-state index contributed by atoms with van der Waals surface area (Å²) in [5.74, 6) is -1.08. The number of rotatable bonds is 4. The van der Waals surface area contributed by atoms with Crippen molar-refractivity contribution in [3.63, 3.8) is 0 Å². The minimum atomic E-state index is -0.909. The third-order valence-electron chi connectivity index (χ3n) is 3.54. The zero-order valence-corrected chi connectivity index (χ0v) is 11.1. The topological polar surface area (TPSA) is 57.6 Å². The predicted molar refractivity (Wildman–Crippen MR) is 72.1 cm³/mol. The van der Waals surface area contributed by atoms with E-state index in [0.717, 1.165) is 19.3 Å². The fourth-order valence-electron chi connectivity index (χ4n) is 2.54. The van der Waals surface area contributed by atoms with Gasteiger partial charge < -0.3 is 10.0 Å². The lowest BCUT2D eigenvalue weighted by molar-refractivity contribution is -0.141. The van der Waals surface area contributed by atoms with Crippen LogP contribution in [0.5, 0.6) is 0 Å². The van der Waals surface area contributed by atoms with Crippen LogP contribution in [0.2, 0.25) is 0 Å². The molecule has 1 aliphatic heterocycles. The van der Waals surface area contributed by atoms with Gasteiger partial charge in [-0.1, -0.05) is 25.5 Å². The minimum absolute atomic E-state index is 0.173. The molecule has 0 aliphatic carbocycles. The van der Waals surface area contributed by atoms with Crippen LogP contribution in [0, 0.1) is 0 Å². The first-order valence-corrected chi connectivity index (χ1v) is 6.76. The average molecular weight is 261 g/mol. The highest BCUT2D eigenvalue weighted by atomic mass is 16.4. The summed E-state index contributed by atoms with van der Waals surface area (Å²) >= 11 is 0. The first-order chi connectivity index (χ1) is 9.13. The molecule has 0 aromatic heterocycles. The quantitative estimate of drug-likeness (QED) is 0.905. The van der Waals surface area contributed by atoms with Gasteiger partial charge in [0.05, 0.1) is 0 Å². The number of aryl methyl sites for hydroxylation is 1. The predicted octanol–water partition coefficient (Wildman–Crippen LogP) is 2.33. The largest absolute Gasteiger partial charge is 0.480 e. The maximum atomic E-state index is 12.3. The Morgan fingerprint density at radius 2 is 2.00 bits per heavy atom. The standard InChI is InChI=1S/C15H19NO3/c1-2-4-11-6-8-12(9-7-11)14(17)16-10-3-5-13(16)15(18)19/h6-9,13H,2-5,10H2,1H3,(H,18,19)/t13-/m0/s1. The molecule has 1 fully saturated rings. The first-order valence-electron chi connectivity index (χ1n) is 6.76. The van der Waals surface area contributed by atoms with Crippen LogP contribution in [-0.4, -0.2) is 34.5 Å². The van der Waals surface area contributed by atoms with E-state index in [1.54, 1.807) is 12.1 Å². The second kappa shape index (κ2) is 5.87. The zero-order chi connectivity index (χ0) is 13.8. The van der Waals surface area contributed by atoms with Crippen LogP contribution >= 0.6 is 0 Å². The van der Waals surface area contributed by atoms with E-state index in [1.165, 1.54) is 10.5 Å². The zero-order valence-electron chi connectivity index (χ0n) is 11.1. The summed E-state index contributed by atoms with van der Waals surface area (Å²) in [6.45, 7) is 2.65. The van der Waals surface area contributed by atoms with Gasteiger partial charge in [-0.25, -0.2) is 4.79 Å². The number of likely N-dealkylation sites (tertiary alicyclic amines) is 1. The van der Waals surface area contributed by atoms with Crippen molar-refractivity contribution in [2.75, 3.05) is 6.54 Å². The third kappa shape index (κ3) is 2.95. The van der Waals surface area contributed by atoms with Gasteiger partial charge in [0.25, 0.3) is 5.91 Å². The van der Waals surface area contributed by atoms with Gasteiger partial charge in [-0.2, -0.15) is 0 Å². The number of carboxylic acid groups (broad SMARTS) is 1. The smallest absolute Gasteiger partial charge is 0.326 e. The summed E-state index contributed by atoms with van der Waals surface area (Å²) < 4.78 is 0. The molecule has 1 heterocycles. The van der Waals surface area contributed by atoms with Crippen molar-refractivity contribution in [3.8, 4) is 0 Å². The molecule has 1 N–H and O–H groups in total. The van der Waals surface area contributed by atoms with Gasteiger partial charge in [-0.15, -0.1) is 0 Å². The van der Waals surface area contributed by atoms with E-state index in [0.29, 0.717) is 18.5 Å². The molecular formula is C15H19NO3. The highest BCUT2D eigenvalue weighted by molar-refractivity contribution is 5.97. The number of hydrogen-bond acceptors (Lipinski definition) is 2. The average Bonchev–Trinajstić information content (AvgIpc) is 2.88. The number of nitrogens with zero attached hydrogens (tertiary/aromatic N) is 1. The summed E-state index contributed by atoms with van der Waals surface area (Å²) in [6, 6.07) is 6.82. The number of benzene rings is 1. The van der Waals surface area contributed by atoms with Gasteiger partial charge in [0, 0.05) is 12.1 Å². The Labute approximate surface area is 113 Å². The van der Waals surface area contributed by atoms with Crippen LogP contribution in [0.4, 0.5) is 0 Å². The summed E-state index contributed by atoms with van der Waals surface area (Å²) in [5, 5.41) is 9.10. The highest BCUT2D eigenvalue weighted by Crippen LogP contribution is 2.20. The lowest BCUT2D eigenvalue weighted by atomic mass is 10.1. The molecule has 4 nitrogen and oxygen atoms in total. The fraction of sp³-hybridized carbons (Fsp3) is 0.467. The van der Waals surface area contributed by atoms with Gasteiger partial charge in [0.1, 0.15) is 6.04 Å². The molecule has 0 unspecified atom stereocenters. The summed E-state index contributed by atoms with van der Waals surface area (Å²) in [6.07, 6.45) is 3.38. The van der Waals surface area contributed by atoms with E-state index in [-0.39, 0.29) is 5.91 Å². The Balaban J connectivity index is 2.12. The molecule has 1 aromatic rings. The summed E-state index contributed by atoms with van der Waals surface area (Å²) in [7, 11) is 0. The summed E-state index contributed by atoms with van der Waals surface area (Å²) in [5.41, 5.74) is 1.78. The van der Waals surface area contributed by atoms with E-state index < -0.39 is 12.0 Å². The molecular weight excluding hydrogens is 242 g/mol. The Morgan fingerprint density at radius 1 is 1.32 bits per heavy atom. The van der Waals surface area contributed by atoms with Gasteiger partial charge >= 0.3 is 5.97 Å². The number of carboxylic acids is 1. The van der Waals surface area contributed by atoms with Crippen LogP contribution in [0.3, 0.4) is 0 Å². The van der Waals surface area contributed by atoms with Crippen molar-refractivity contribution in [3.05, 3.63) is 35.4 Å². The lowest BCUT2D eigenvalue weighted by Crippen LogP contribution is -2.40. The molecule has 19 heavy (non-hydrogen) atoms. The van der Waals surface area contributed by atoms with Crippen molar-refractivity contribution in [1.29, 1.82) is 0 Å². The second-order valence-corrected chi connectivity index (χ2v) is 4.94. The van der Waals surface area contributed by atoms with E-state index in [9.17, 15) is 9.59 Å². The van der Waals surface area contributed by atoms with Crippen LogP contribution in [0.1, 0.15) is 42.1 Å². The van der Waals surface area contributed by atoms with Crippen molar-refractivity contribution in [2.24, 2.45) is 0 Å². The van der Waals surface area contributed by atoms with Gasteiger partial charge in [-0.3, -0.25) is 4.79 Å². The minimum Gasteiger partial charge on any atom is -0.480 e. The Morgan fingerprint density at radius 3 is 2.58 bits per heavy atom. The molecule has 0 bridgehead atoms. The Kier molecular flexibility index (Phi) is 4.20. The number of aliphatic carboxylic acids is 1. The molecule has 1 aromatic carbocycles. The van der Waals surface area contributed by atoms with Crippen molar-refractivity contribution < 1.29 is 14.7 Å². The van der Waals surface area contributed by atoms with Crippen LogP contribution < -0.4 is 0 Å². The molecule has 1 aliphatic rings. The van der Waals surface area contributed by atoms with E-state index in [1.807, 2.05) is 12.1 Å². The molecule has 2 rings (SSSR count). The summed E-state index contributed by atoms with van der Waals surface area (Å²) in [4.78, 5) is 24.9. The van der Waals surface area contributed by atoms with E-state index in [2.05, 4.69) is 6.92 Å². The highest BCUT2D eigenvalue weighted by Gasteiger charge is 2.34. The molecule has 4 heteroatoms. The number of hydrogen-bond donors (Lipinski definition) is 1. The van der Waals surface area contributed by atoms with Crippen molar-refractivity contribution in [1.82, 2.24) is 4.90 Å². The molecule has 1 atom stereocenters. The normalized spacial score (nSPS) is 18.6. The second-order valence-electron chi connectivity index (χ2n) is 4.94. The van der Waals surface area contributed by atoms with Gasteiger partial charge in [0.15, 0.2) is 0 Å².